The van der Waals surface area contributed by atoms with Crippen LogP contribution in [0.3, 0.4) is 0 Å². The van der Waals surface area contributed by atoms with Crippen molar-refractivity contribution in [2.45, 2.75) is 0 Å². The van der Waals surface area contributed by atoms with Gasteiger partial charge < -0.3 is 15.0 Å². The van der Waals surface area contributed by atoms with E-state index in [1.807, 2.05) is 42.5 Å². The number of nitrogens with zero attached hydrogens (tertiary/aromatic N) is 2. The van der Waals surface area contributed by atoms with Crippen LogP contribution in [0.4, 0.5) is 0 Å². The molecule has 0 radical (unpaired) electrons. The molecule has 2 aliphatic heterocycles. The van der Waals surface area contributed by atoms with Gasteiger partial charge in [0.15, 0.2) is 0 Å². The van der Waals surface area contributed by atoms with Gasteiger partial charge in [-0.25, -0.2) is 0 Å². The molecule has 0 saturated carbocycles. The van der Waals surface area contributed by atoms with Crippen LogP contribution in [-0.2, 0) is 19.5 Å². The van der Waals surface area contributed by atoms with Gasteiger partial charge in [-0.2, -0.15) is 6.08 Å². The van der Waals surface area contributed by atoms with Gasteiger partial charge in [-0.05, 0) is 59.8 Å². The molecule has 116 valence electrons. The number of H-pyrrole nitrogens is 2. The van der Waals surface area contributed by atoms with E-state index in [1.165, 1.54) is 0 Å². The molecule has 0 fully saturated rings. The molecule has 0 atom stereocenters. The van der Waals surface area contributed by atoms with Crippen molar-refractivity contribution in [2.24, 2.45) is 0 Å². The standard InChI is InChI=1S/C20H13N4.Zn/c1-2-14-10-16-5-6-18(23-16)12-20-8-7-19(24-20)11-17-4-3-15(22-17)9-13(1)21-14;/h1-7,9-12,21,23H;/q-1;. The van der Waals surface area contributed by atoms with E-state index in [0.29, 0.717) is 0 Å². The second-order valence-electron chi connectivity index (χ2n) is 5.82. The van der Waals surface area contributed by atoms with Crippen molar-refractivity contribution in [3.05, 3.63) is 77.4 Å². The molecule has 25 heavy (non-hydrogen) atoms. The van der Waals surface area contributed by atoms with Gasteiger partial charge in [0, 0.05) is 36.0 Å². The summed E-state index contributed by atoms with van der Waals surface area (Å²) in [5, 5.41) is 0. The Balaban J connectivity index is 0.00000157. The topological polar surface area (TPSA) is 57.4 Å². The first-order chi connectivity index (χ1) is 11.8. The molecule has 3 aromatic heterocycles. The summed E-state index contributed by atoms with van der Waals surface area (Å²) in [6.45, 7) is 0. The second kappa shape index (κ2) is 6.26. The molecule has 0 aliphatic carbocycles. The van der Waals surface area contributed by atoms with Crippen molar-refractivity contribution >= 4 is 40.3 Å². The summed E-state index contributed by atoms with van der Waals surface area (Å²) in [6.07, 6.45) is 9.06. The molecule has 5 heteroatoms. The SMILES string of the molecule is [C-]1=Cc2cc3nc(cc4ccc(cc5ccc(cc1n2)[nH]5)[nH]4)C=C3.[Zn]. The van der Waals surface area contributed by atoms with Crippen LogP contribution in [0.15, 0.2) is 48.5 Å². The first-order valence-corrected chi connectivity index (χ1v) is 7.76. The molecule has 3 aromatic rings. The fourth-order valence-electron chi connectivity index (χ4n) is 2.88. The minimum Gasteiger partial charge on any atom is -0.366 e. The fourth-order valence-corrected chi connectivity index (χ4v) is 2.88. The van der Waals surface area contributed by atoms with Crippen molar-refractivity contribution in [1.29, 1.82) is 0 Å². The Morgan fingerprint density at radius 1 is 0.640 bits per heavy atom. The van der Waals surface area contributed by atoms with E-state index in [9.17, 15) is 0 Å². The van der Waals surface area contributed by atoms with E-state index < -0.39 is 0 Å². The maximum Gasteiger partial charge on any atom is 0.0657 e. The van der Waals surface area contributed by atoms with E-state index in [-0.39, 0.29) is 19.5 Å². The molecule has 5 rings (SSSR count). The Morgan fingerprint density at radius 2 is 1.24 bits per heavy atom. The molecule has 8 bridgehead atoms. The van der Waals surface area contributed by atoms with Gasteiger partial charge in [0.1, 0.15) is 0 Å². The third-order valence-corrected chi connectivity index (χ3v) is 3.97. The summed E-state index contributed by atoms with van der Waals surface area (Å²) in [6, 6.07) is 16.3. The number of aromatic nitrogens is 4. The van der Waals surface area contributed by atoms with Crippen LogP contribution in [0.25, 0.3) is 40.3 Å². The Bertz CT molecular complexity index is 1080. The van der Waals surface area contributed by atoms with E-state index in [0.717, 1.165) is 44.8 Å². The quantitative estimate of drug-likeness (QED) is 0.313. The van der Waals surface area contributed by atoms with Gasteiger partial charge in [0.05, 0.1) is 11.4 Å². The summed E-state index contributed by atoms with van der Waals surface area (Å²) in [5.41, 5.74) is 7.59. The number of nitrogens with one attached hydrogen (secondary N) is 2. The molecular formula is C20H13N4Zn-. The predicted molar refractivity (Wildman–Crippen MR) is 96.7 cm³/mol. The van der Waals surface area contributed by atoms with E-state index in [4.69, 9.17) is 0 Å². The number of hydrogen-bond acceptors (Lipinski definition) is 2. The largest absolute Gasteiger partial charge is 0.366 e. The maximum atomic E-state index is 4.61. The predicted octanol–water partition coefficient (Wildman–Crippen LogP) is 4.35. The summed E-state index contributed by atoms with van der Waals surface area (Å²) >= 11 is 0. The molecule has 0 spiro atoms. The van der Waals surface area contributed by atoms with Crippen LogP contribution in [0.2, 0.25) is 0 Å². The van der Waals surface area contributed by atoms with Crippen LogP contribution < -0.4 is 0 Å². The molecule has 0 saturated heterocycles. The van der Waals surface area contributed by atoms with Gasteiger partial charge in [-0.15, -0.1) is 12.1 Å². The van der Waals surface area contributed by atoms with Crippen LogP contribution in [0.5, 0.6) is 0 Å². The Morgan fingerprint density at radius 3 is 1.96 bits per heavy atom. The smallest absolute Gasteiger partial charge is 0.0657 e. The molecule has 0 aromatic carbocycles. The molecule has 0 amide bonds. The van der Waals surface area contributed by atoms with E-state index in [2.05, 4.69) is 50.3 Å². The summed E-state index contributed by atoms with van der Waals surface area (Å²) in [7, 11) is 0. The molecule has 4 nitrogen and oxygen atoms in total. The second-order valence-corrected chi connectivity index (χ2v) is 5.82. The Kier molecular flexibility index (Phi) is 3.94. The minimum absolute atomic E-state index is 0. The molecular weight excluding hydrogens is 362 g/mol. The van der Waals surface area contributed by atoms with Crippen molar-refractivity contribution in [3.8, 4) is 0 Å². The average Bonchev–Trinajstić information content (AvgIpc) is 3.32. The normalized spacial score (nSPS) is 12.2. The average molecular weight is 375 g/mol. The Hall–Kier alpha value is -2.78. The molecule has 5 heterocycles. The minimum atomic E-state index is 0. The summed E-state index contributed by atoms with van der Waals surface area (Å²) in [4.78, 5) is 15.9. The summed E-state index contributed by atoms with van der Waals surface area (Å²) in [5.74, 6) is 0. The van der Waals surface area contributed by atoms with Crippen LogP contribution in [-0.4, -0.2) is 19.9 Å². The van der Waals surface area contributed by atoms with Gasteiger partial charge in [-0.1, -0.05) is 11.8 Å². The third-order valence-electron chi connectivity index (χ3n) is 3.97. The van der Waals surface area contributed by atoms with Crippen LogP contribution in [0, 0.1) is 6.08 Å². The zero-order valence-corrected chi connectivity index (χ0v) is 16.4. The number of aromatic amines is 2. The number of rotatable bonds is 0. The van der Waals surface area contributed by atoms with Gasteiger partial charge in [0.25, 0.3) is 0 Å². The van der Waals surface area contributed by atoms with Gasteiger partial charge >= 0.3 is 0 Å². The van der Waals surface area contributed by atoms with Crippen molar-refractivity contribution in [3.63, 3.8) is 0 Å². The van der Waals surface area contributed by atoms with Gasteiger partial charge in [0.2, 0.25) is 0 Å². The first-order valence-electron chi connectivity index (χ1n) is 7.76. The van der Waals surface area contributed by atoms with Crippen molar-refractivity contribution in [1.82, 2.24) is 19.9 Å². The fraction of sp³-hybridized carbons (Fsp3) is 0. The van der Waals surface area contributed by atoms with E-state index in [1.54, 1.807) is 0 Å². The number of hydrogen-bond donors (Lipinski definition) is 2. The molecule has 0 unspecified atom stereocenters. The molecule has 2 aliphatic rings. The maximum absolute atomic E-state index is 4.61. The molecule has 2 N–H and O–H groups in total. The van der Waals surface area contributed by atoms with Crippen LogP contribution >= 0.6 is 0 Å². The Labute approximate surface area is 157 Å². The monoisotopic (exact) mass is 373 g/mol. The number of fused-ring (bicyclic) bond motifs is 8. The third kappa shape index (κ3) is 3.24. The van der Waals surface area contributed by atoms with E-state index >= 15 is 0 Å². The van der Waals surface area contributed by atoms with Crippen molar-refractivity contribution < 1.29 is 19.5 Å². The van der Waals surface area contributed by atoms with Crippen LogP contribution in [0.1, 0.15) is 22.8 Å². The zero-order chi connectivity index (χ0) is 15.9. The summed E-state index contributed by atoms with van der Waals surface area (Å²) < 4.78 is 0. The first kappa shape index (κ1) is 15.7. The zero-order valence-electron chi connectivity index (χ0n) is 13.5. The van der Waals surface area contributed by atoms with Gasteiger partial charge in [-0.3, -0.25) is 4.98 Å². The van der Waals surface area contributed by atoms with Crippen molar-refractivity contribution in [2.75, 3.05) is 0 Å².